The Hall–Kier alpha value is -1.51. The van der Waals surface area contributed by atoms with Crippen LogP contribution in [0.1, 0.15) is 11.6 Å². The molecule has 0 radical (unpaired) electrons. The van der Waals surface area contributed by atoms with Crippen LogP contribution in [0.4, 0.5) is 0 Å². The number of rotatable bonds is 3. The molecule has 0 amide bonds. The Morgan fingerprint density at radius 2 is 2.08 bits per heavy atom. The van der Waals surface area contributed by atoms with Gasteiger partial charge in [-0.3, -0.25) is 0 Å². The maximum atomic E-state index is 8.85. The normalized spacial score (nSPS) is 11.8. The fraction of sp³-hybridized carbons (Fsp3) is 0.250. The average Bonchev–Trinajstić information content (AvgIpc) is 2.15. The molecule has 1 aromatic carbocycles. The van der Waals surface area contributed by atoms with Crippen LogP contribution in [0.25, 0.3) is 10.4 Å². The average molecular weight is 163 g/mol. The quantitative estimate of drug-likeness (QED) is 0.413. The Labute approximate surface area is 70.1 Å². The summed E-state index contributed by atoms with van der Waals surface area (Å²) in [5, 5.41) is 12.3. The zero-order chi connectivity index (χ0) is 8.81. The van der Waals surface area contributed by atoms with Gasteiger partial charge in [-0.2, -0.15) is 0 Å². The molecule has 4 heteroatoms. The van der Waals surface area contributed by atoms with Gasteiger partial charge in [-0.05, 0) is 11.1 Å². The highest BCUT2D eigenvalue weighted by molar-refractivity contribution is 5.18. The molecule has 0 saturated heterocycles. The standard InChI is InChI=1S/C8H9N3O/c9-11-10-8(6-12)7-4-2-1-3-5-7/h1-5,8,12H,6H2. The minimum Gasteiger partial charge on any atom is -0.396 e. The molecule has 1 aromatic rings. The summed E-state index contributed by atoms with van der Waals surface area (Å²) in [6.07, 6.45) is 0. The Morgan fingerprint density at radius 1 is 1.42 bits per heavy atom. The summed E-state index contributed by atoms with van der Waals surface area (Å²) < 4.78 is 0. The zero-order valence-electron chi connectivity index (χ0n) is 6.46. The fourth-order valence-electron chi connectivity index (χ4n) is 0.946. The maximum Gasteiger partial charge on any atom is 0.0856 e. The molecule has 0 bridgehead atoms. The summed E-state index contributed by atoms with van der Waals surface area (Å²) in [6.45, 7) is -0.159. The van der Waals surface area contributed by atoms with Crippen LogP contribution in [0.2, 0.25) is 0 Å². The van der Waals surface area contributed by atoms with E-state index in [9.17, 15) is 0 Å². The molecule has 0 heterocycles. The lowest BCUT2D eigenvalue weighted by Gasteiger charge is -2.05. The lowest BCUT2D eigenvalue weighted by molar-refractivity contribution is 0.268. The summed E-state index contributed by atoms with van der Waals surface area (Å²) in [6, 6.07) is 8.71. The second-order valence-corrected chi connectivity index (χ2v) is 2.31. The van der Waals surface area contributed by atoms with Crippen LogP contribution in [0.15, 0.2) is 35.4 Å². The SMILES string of the molecule is [N-]=[N+]=NC(CO)c1ccccc1. The predicted molar refractivity (Wildman–Crippen MR) is 45.4 cm³/mol. The largest absolute Gasteiger partial charge is 0.396 e. The van der Waals surface area contributed by atoms with Crippen molar-refractivity contribution in [2.45, 2.75) is 6.04 Å². The number of aliphatic hydroxyl groups excluding tert-OH is 1. The van der Waals surface area contributed by atoms with E-state index < -0.39 is 6.04 Å². The van der Waals surface area contributed by atoms with Crippen molar-refractivity contribution in [3.63, 3.8) is 0 Å². The third-order valence-corrected chi connectivity index (χ3v) is 1.55. The van der Waals surface area contributed by atoms with Gasteiger partial charge in [0.05, 0.1) is 12.6 Å². The first-order valence-corrected chi connectivity index (χ1v) is 3.58. The van der Waals surface area contributed by atoms with Crippen molar-refractivity contribution in [1.29, 1.82) is 0 Å². The first kappa shape index (κ1) is 8.59. The number of aliphatic hydroxyl groups is 1. The van der Waals surface area contributed by atoms with Crippen molar-refractivity contribution in [3.8, 4) is 0 Å². The smallest absolute Gasteiger partial charge is 0.0856 e. The molecule has 1 atom stereocenters. The fourth-order valence-corrected chi connectivity index (χ4v) is 0.946. The van der Waals surface area contributed by atoms with Crippen LogP contribution in [0.5, 0.6) is 0 Å². The van der Waals surface area contributed by atoms with Crippen LogP contribution in [0.3, 0.4) is 0 Å². The summed E-state index contributed by atoms with van der Waals surface area (Å²) in [7, 11) is 0. The molecule has 0 aliphatic rings. The number of hydrogen-bond acceptors (Lipinski definition) is 2. The minimum absolute atomic E-state index is 0.159. The third kappa shape index (κ3) is 1.99. The van der Waals surface area contributed by atoms with Gasteiger partial charge in [0.15, 0.2) is 0 Å². The van der Waals surface area contributed by atoms with Gasteiger partial charge < -0.3 is 5.11 Å². The number of azide groups is 1. The van der Waals surface area contributed by atoms with E-state index in [4.69, 9.17) is 10.6 Å². The Bertz CT molecular complexity index is 280. The van der Waals surface area contributed by atoms with Crippen molar-refractivity contribution in [2.24, 2.45) is 5.11 Å². The van der Waals surface area contributed by atoms with Gasteiger partial charge in [0, 0.05) is 4.91 Å². The summed E-state index contributed by atoms with van der Waals surface area (Å²) in [4.78, 5) is 2.65. The molecule has 0 aliphatic heterocycles. The highest BCUT2D eigenvalue weighted by Crippen LogP contribution is 2.15. The van der Waals surface area contributed by atoms with Crippen molar-refractivity contribution >= 4 is 0 Å². The molecule has 1 rings (SSSR count). The van der Waals surface area contributed by atoms with Crippen LogP contribution >= 0.6 is 0 Å². The van der Waals surface area contributed by atoms with E-state index in [2.05, 4.69) is 10.0 Å². The molecule has 0 aromatic heterocycles. The second-order valence-electron chi connectivity index (χ2n) is 2.31. The van der Waals surface area contributed by atoms with E-state index in [0.29, 0.717) is 0 Å². The van der Waals surface area contributed by atoms with Gasteiger partial charge in [-0.15, -0.1) is 0 Å². The predicted octanol–water partition coefficient (Wildman–Crippen LogP) is 2.03. The molecule has 4 nitrogen and oxygen atoms in total. The van der Waals surface area contributed by atoms with E-state index in [1.54, 1.807) is 0 Å². The van der Waals surface area contributed by atoms with E-state index in [0.717, 1.165) is 5.56 Å². The van der Waals surface area contributed by atoms with E-state index in [1.807, 2.05) is 30.3 Å². The lowest BCUT2D eigenvalue weighted by atomic mass is 10.1. The van der Waals surface area contributed by atoms with Crippen molar-refractivity contribution in [2.75, 3.05) is 6.61 Å². The molecule has 0 saturated carbocycles. The van der Waals surface area contributed by atoms with Crippen molar-refractivity contribution < 1.29 is 5.11 Å². The molecule has 0 fully saturated rings. The summed E-state index contributed by atoms with van der Waals surface area (Å²) >= 11 is 0. The molecule has 1 N–H and O–H groups in total. The van der Waals surface area contributed by atoms with E-state index in [-0.39, 0.29) is 6.61 Å². The minimum atomic E-state index is -0.462. The molecule has 1 unspecified atom stereocenters. The van der Waals surface area contributed by atoms with Gasteiger partial charge in [-0.25, -0.2) is 0 Å². The molecule has 62 valence electrons. The molecule has 12 heavy (non-hydrogen) atoms. The summed E-state index contributed by atoms with van der Waals surface area (Å²) in [5.41, 5.74) is 9.01. The first-order chi connectivity index (χ1) is 5.88. The highest BCUT2D eigenvalue weighted by Gasteiger charge is 2.05. The highest BCUT2D eigenvalue weighted by atomic mass is 16.3. The second kappa shape index (κ2) is 4.38. The topological polar surface area (TPSA) is 69.0 Å². The molecule has 0 spiro atoms. The Balaban J connectivity index is 2.87. The van der Waals surface area contributed by atoms with Crippen LogP contribution in [-0.4, -0.2) is 11.7 Å². The monoisotopic (exact) mass is 163 g/mol. The van der Waals surface area contributed by atoms with E-state index in [1.165, 1.54) is 0 Å². The first-order valence-electron chi connectivity index (χ1n) is 3.58. The third-order valence-electron chi connectivity index (χ3n) is 1.55. The Kier molecular flexibility index (Phi) is 3.14. The van der Waals surface area contributed by atoms with Crippen LogP contribution in [-0.2, 0) is 0 Å². The van der Waals surface area contributed by atoms with Crippen molar-refractivity contribution in [1.82, 2.24) is 0 Å². The van der Waals surface area contributed by atoms with Gasteiger partial charge in [0.1, 0.15) is 0 Å². The van der Waals surface area contributed by atoms with E-state index >= 15 is 0 Å². The number of benzene rings is 1. The maximum absolute atomic E-state index is 8.85. The molecule has 0 aliphatic carbocycles. The number of nitrogens with zero attached hydrogens (tertiary/aromatic N) is 3. The number of hydrogen-bond donors (Lipinski definition) is 1. The van der Waals surface area contributed by atoms with Crippen molar-refractivity contribution in [3.05, 3.63) is 46.3 Å². The van der Waals surface area contributed by atoms with Gasteiger partial charge >= 0.3 is 0 Å². The zero-order valence-corrected chi connectivity index (χ0v) is 6.46. The van der Waals surface area contributed by atoms with Gasteiger partial charge in [0.2, 0.25) is 0 Å². The molecular formula is C8H9N3O. The van der Waals surface area contributed by atoms with Gasteiger partial charge in [0.25, 0.3) is 0 Å². The van der Waals surface area contributed by atoms with Gasteiger partial charge in [-0.1, -0.05) is 35.4 Å². The van der Waals surface area contributed by atoms with Crippen LogP contribution < -0.4 is 0 Å². The lowest BCUT2D eigenvalue weighted by Crippen LogP contribution is -1.98. The summed E-state index contributed by atoms with van der Waals surface area (Å²) in [5.74, 6) is 0. The van der Waals surface area contributed by atoms with Crippen LogP contribution in [0, 0.1) is 0 Å². The molecular weight excluding hydrogens is 154 g/mol. The Morgan fingerprint density at radius 3 is 2.58 bits per heavy atom.